The van der Waals surface area contributed by atoms with Gasteiger partial charge in [-0.25, -0.2) is 0 Å². The zero-order valence-electron chi connectivity index (χ0n) is 24.9. The molecule has 0 amide bonds. The molecule has 2 atom stereocenters. The Morgan fingerprint density at radius 2 is 1.41 bits per heavy atom. The summed E-state index contributed by atoms with van der Waals surface area (Å²) in [7, 11) is 0. The van der Waals surface area contributed by atoms with Gasteiger partial charge in [0.25, 0.3) is 0 Å². The van der Waals surface area contributed by atoms with E-state index in [2.05, 4.69) is 0 Å². The Hall–Kier alpha value is -2.94. The lowest BCUT2D eigenvalue weighted by Crippen LogP contribution is -2.37. The van der Waals surface area contributed by atoms with Crippen LogP contribution >= 0.6 is 0 Å². The van der Waals surface area contributed by atoms with Gasteiger partial charge in [-0.15, -0.1) is 0 Å². The van der Waals surface area contributed by atoms with Crippen LogP contribution in [0.1, 0.15) is 99.5 Å². The first-order chi connectivity index (χ1) is 18.0. The van der Waals surface area contributed by atoms with Crippen LogP contribution in [0.15, 0.2) is 18.2 Å². The van der Waals surface area contributed by atoms with Gasteiger partial charge < -0.3 is 24.7 Å². The number of esters is 4. The summed E-state index contributed by atoms with van der Waals surface area (Å²) < 4.78 is 21.6. The van der Waals surface area contributed by atoms with Crippen LogP contribution in [0.3, 0.4) is 0 Å². The van der Waals surface area contributed by atoms with Crippen molar-refractivity contribution >= 4 is 23.9 Å². The van der Waals surface area contributed by atoms with Gasteiger partial charge in [0.2, 0.25) is 0 Å². The van der Waals surface area contributed by atoms with Crippen molar-refractivity contribution in [2.24, 2.45) is 16.6 Å². The van der Waals surface area contributed by atoms with Crippen LogP contribution < -0.4 is 15.2 Å². The second kappa shape index (κ2) is 15.6. The summed E-state index contributed by atoms with van der Waals surface area (Å²) in [5.41, 5.74) is 6.09. The lowest BCUT2D eigenvalue weighted by molar-refractivity contribution is -0.159. The van der Waals surface area contributed by atoms with Crippen LogP contribution in [-0.4, -0.2) is 42.6 Å². The first kappa shape index (κ1) is 34.1. The summed E-state index contributed by atoms with van der Waals surface area (Å²) in [4.78, 5) is 49.3. The van der Waals surface area contributed by atoms with Crippen molar-refractivity contribution < 1.29 is 38.1 Å². The molecular formula is C30H47NO8. The van der Waals surface area contributed by atoms with E-state index in [-0.39, 0.29) is 54.2 Å². The Morgan fingerprint density at radius 3 is 1.95 bits per heavy atom. The Balaban J connectivity index is 2.88. The highest BCUT2D eigenvalue weighted by atomic mass is 16.6. The molecule has 0 aliphatic carbocycles. The minimum absolute atomic E-state index is 0.0497. The average Bonchev–Trinajstić information content (AvgIpc) is 2.77. The van der Waals surface area contributed by atoms with Crippen molar-refractivity contribution in [1.82, 2.24) is 0 Å². The third-order valence-electron chi connectivity index (χ3n) is 5.34. The predicted molar refractivity (Wildman–Crippen MR) is 148 cm³/mol. The highest BCUT2D eigenvalue weighted by molar-refractivity contribution is 5.78. The van der Waals surface area contributed by atoms with E-state index in [9.17, 15) is 19.2 Å². The second-order valence-corrected chi connectivity index (χ2v) is 12.4. The Morgan fingerprint density at radius 1 is 0.846 bits per heavy atom. The van der Waals surface area contributed by atoms with Gasteiger partial charge in [0.15, 0.2) is 11.5 Å². The number of carbonyl (C=O) groups is 4. The second-order valence-electron chi connectivity index (χ2n) is 12.4. The highest BCUT2D eigenvalue weighted by Gasteiger charge is 2.24. The molecule has 1 aromatic carbocycles. The standard InChI is InChI=1S/C30H47NO8/c1-9-10-11-12-25(32)36-19-20(2)37-28(35)22(31)15-21-13-14-23(38-26(33)17-29(3,4)5)24(16-21)39-27(34)18-30(6,7)8/h13-14,16,20,22H,9-12,15,17-19,31H2,1-8H3/t20-,22-/m0/s1. The van der Waals surface area contributed by atoms with Gasteiger partial charge in [-0.1, -0.05) is 67.4 Å². The molecule has 2 N–H and O–H groups in total. The van der Waals surface area contributed by atoms with Gasteiger partial charge in [0, 0.05) is 6.42 Å². The number of unbranched alkanes of at least 4 members (excludes halogenated alkanes) is 2. The smallest absolute Gasteiger partial charge is 0.323 e. The molecule has 1 rings (SSSR count). The molecule has 0 radical (unpaired) electrons. The number of hydrogen-bond acceptors (Lipinski definition) is 9. The number of carbonyl (C=O) groups excluding carboxylic acids is 4. The molecule has 0 heterocycles. The molecule has 0 fully saturated rings. The number of benzene rings is 1. The topological polar surface area (TPSA) is 131 Å². The zero-order chi connectivity index (χ0) is 29.8. The summed E-state index contributed by atoms with van der Waals surface area (Å²) in [6, 6.07) is 3.69. The molecule has 0 aliphatic heterocycles. The van der Waals surface area contributed by atoms with E-state index in [4.69, 9.17) is 24.7 Å². The van der Waals surface area contributed by atoms with E-state index in [1.807, 2.05) is 48.5 Å². The van der Waals surface area contributed by atoms with Gasteiger partial charge in [-0.3, -0.25) is 19.2 Å². The molecule has 0 unspecified atom stereocenters. The largest absolute Gasteiger partial charge is 0.462 e. The van der Waals surface area contributed by atoms with Crippen LogP contribution in [0.5, 0.6) is 11.5 Å². The van der Waals surface area contributed by atoms with E-state index in [1.165, 1.54) is 12.1 Å². The third-order valence-corrected chi connectivity index (χ3v) is 5.34. The van der Waals surface area contributed by atoms with Crippen LogP contribution in [0, 0.1) is 10.8 Å². The van der Waals surface area contributed by atoms with Gasteiger partial charge in [0.05, 0.1) is 12.8 Å². The molecule has 0 saturated heterocycles. The molecule has 0 saturated carbocycles. The van der Waals surface area contributed by atoms with Crippen molar-refractivity contribution in [2.75, 3.05) is 6.61 Å². The summed E-state index contributed by atoms with van der Waals surface area (Å²) in [6.07, 6.45) is 2.80. The van der Waals surface area contributed by atoms with Crippen molar-refractivity contribution in [3.05, 3.63) is 23.8 Å². The number of hydrogen-bond donors (Lipinski definition) is 1. The summed E-state index contributed by atoms with van der Waals surface area (Å²) in [5.74, 6) is -1.73. The third kappa shape index (κ3) is 15.3. The highest BCUT2D eigenvalue weighted by Crippen LogP contribution is 2.32. The monoisotopic (exact) mass is 549 g/mol. The molecule has 9 heteroatoms. The van der Waals surface area contributed by atoms with E-state index >= 15 is 0 Å². The van der Waals surface area contributed by atoms with Crippen LogP contribution in [0.2, 0.25) is 0 Å². The Kier molecular flexibility index (Phi) is 13.6. The minimum atomic E-state index is -1.01. The molecule has 1 aromatic rings. The first-order valence-corrected chi connectivity index (χ1v) is 13.6. The van der Waals surface area contributed by atoms with Gasteiger partial charge in [-0.2, -0.15) is 0 Å². The van der Waals surface area contributed by atoms with Crippen molar-refractivity contribution in [2.45, 2.75) is 112 Å². The quantitative estimate of drug-likeness (QED) is 0.187. The first-order valence-electron chi connectivity index (χ1n) is 13.6. The van der Waals surface area contributed by atoms with Crippen LogP contribution in [0.4, 0.5) is 0 Å². The fraction of sp³-hybridized carbons (Fsp3) is 0.667. The maximum Gasteiger partial charge on any atom is 0.323 e. The van der Waals surface area contributed by atoms with Crippen molar-refractivity contribution in [3.8, 4) is 11.5 Å². The molecular weight excluding hydrogens is 502 g/mol. The summed E-state index contributed by atoms with van der Waals surface area (Å²) >= 11 is 0. The van der Waals surface area contributed by atoms with E-state index in [1.54, 1.807) is 13.0 Å². The number of rotatable bonds is 14. The van der Waals surface area contributed by atoms with Gasteiger partial charge in [0.1, 0.15) is 18.8 Å². The Bertz CT molecular complexity index is 974. The maximum atomic E-state index is 12.5. The molecule has 9 nitrogen and oxygen atoms in total. The lowest BCUT2D eigenvalue weighted by Gasteiger charge is -2.20. The average molecular weight is 550 g/mol. The summed E-state index contributed by atoms with van der Waals surface area (Å²) in [5, 5.41) is 0. The number of ether oxygens (including phenoxy) is 4. The molecule has 0 aromatic heterocycles. The van der Waals surface area contributed by atoms with E-state index < -0.39 is 30.1 Å². The van der Waals surface area contributed by atoms with Crippen LogP contribution in [-0.2, 0) is 35.1 Å². The fourth-order valence-corrected chi connectivity index (χ4v) is 3.49. The maximum absolute atomic E-state index is 12.5. The molecule has 39 heavy (non-hydrogen) atoms. The van der Waals surface area contributed by atoms with E-state index in [0.717, 1.165) is 19.3 Å². The van der Waals surface area contributed by atoms with Crippen molar-refractivity contribution in [1.29, 1.82) is 0 Å². The normalized spacial score (nSPS) is 13.3. The molecule has 0 aliphatic rings. The SMILES string of the molecule is CCCCCC(=O)OC[C@H](C)OC(=O)[C@@H](N)Cc1ccc(OC(=O)CC(C)(C)C)c(OC(=O)CC(C)(C)C)c1. The molecule has 0 bridgehead atoms. The van der Waals surface area contributed by atoms with Gasteiger partial charge >= 0.3 is 23.9 Å². The Labute approximate surface area is 233 Å². The fourth-order valence-electron chi connectivity index (χ4n) is 3.49. The zero-order valence-corrected chi connectivity index (χ0v) is 24.9. The van der Waals surface area contributed by atoms with Gasteiger partial charge in [-0.05, 0) is 48.3 Å². The van der Waals surface area contributed by atoms with E-state index in [0.29, 0.717) is 12.0 Å². The predicted octanol–water partition coefficient (Wildman–Crippen LogP) is 5.29. The molecule has 0 spiro atoms. The summed E-state index contributed by atoms with van der Waals surface area (Å²) in [6.45, 7) is 15.1. The number of nitrogens with two attached hydrogens (primary N) is 1. The molecule has 220 valence electrons. The van der Waals surface area contributed by atoms with Crippen molar-refractivity contribution in [3.63, 3.8) is 0 Å². The minimum Gasteiger partial charge on any atom is -0.462 e. The lowest BCUT2D eigenvalue weighted by atomic mass is 9.92. The van der Waals surface area contributed by atoms with Crippen LogP contribution in [0.25, 0.3) is 0 Å².